The molecule has 0 fully saturated rings. The minimum atomic E-state index is -0.614. The number of amides is 2. The average Bonchev–Trinajstić information content (AvgIpc) is 3.08. The number of aromatic nitrogens is 2. The summed E-state index contributed by atoms with van der Waals surface area (Å²) in [4.78, 5) is 36.7. The molecule has 3 N–H and O–H groups in total. The molecular weight excluding hydrogens is 497 g/mol. The van der Waals surface area contributed by atoms with Gasteiger partial charge in [-0.1, -0.05) is 23.7 Å². The van der Waals surface area contributed by atoms with Crippen molar-refractivity contribution < 1.29 is 14.0 Å². The summed E-state index contributed by atoms with van der Waals surface area (Å²) in [5.41, 5.74) is 3.32. The van der Waals surface area contributed by atoms with E-state index in [2.05, 4.69) is 43.0 Å². The van der Waals surface area contributed by atoms with Gasteiger partial charge in [-0.2, -0.15) is 4.98 Å². The Kier molecular flexibility index (Phi) is 8.20. The van der Waals surface area contributed by atoms with Crippen LogP contribution in [0.5, 0.6) is 0 Å². The van der Waals surface area contributed by atoms with E-state index in [9.17, 15) is 14.0 Å². The molecule has 3 aromatic rings. The van der Waals surface area contributed by atoms with Gasteiger partial charge in [0.2, 0.25) is 11.9 Å². The highest BCUT2D eigenvalue weighted by Gasteiger charge is 2.19. The smallest absolute Gasteiger partial charge is 0.253 e. The largest absolute Gasteiger partial charge is 0.355 e. The van der Waals surface area contributed by atoms with Gasteiger partial charge in [-0.05, 0) is 48.2 Å². The fourth-order valence-corrected chi connectivity index (χ4v) is 4.22. The van der Waals surface area contributed by atoms with Gasteiger partial charge in [0.05, 0.1) is 24.0 Å². The summed E-state index contributed by atoms with van der Waals surface area (Å²) in [5.74, 6) is -0.546. The third-order valence-electron chi connectivity index (χ3n) is 6.19. The SMILES string of the molecule is CNC(=O)c1cccc(F)c1Nc1nc(Nc2ccc3c(c2)CCN(CC(=O)N(C)C)CC3)ncc1Cl. The molecule has 11 heteroatoms. The molecule has 0 radical (unpaired) electrons. The topological polar surface area (TPSA) is 102 Å². The molecule has 0 bridgehead atoms. The summed E-state index contributed by atoms with van der Waals surface area (Å²) in [6.07, 6.45) is 3.08. The minimum Gasteiger partial charge on any atom is -0.355 e. The molecule has 0 unspecified atom stereocenters. The van der Waals surface area contributed by atoms with E-state index in [1.54, 1.807) is 19.0 Å². The molecule has 194 valence electrons. The van der Waals surface area contributed by atoms with Gasteiger partial charge >= 0.3 is 0 Å². The van der Waals surface area contributed by atoms with Crippen LogP contribution in [0.2, 0.25) is 5.02 Å². The minimum absolute atomic E-state index is 0.0317. The highest BCUT2D eigenvalue weighted by Crippen LogP contribution is 2.29. The van der Waals surface area contributed by atoms with Crippen LogP contribution in [-0.2, 0) is 17.6 Å². The third kappa shape index (κ3) is 6.33. The third-order valence-corrected chi connectivity index (χ3v) is 6.46. The van der Waals surface area contributed by atoms with Crippen LogP contribution in [0, 0.1) is 5.82 Å². The fourth-order valence-electron chi connectivity index (χ4n) is 4.08. The van der Waals surface area contributed by atoms with Crippen LogP contribution in [-0.4, -0.2) is 72.4 Å². The van der Waals surface area contributed by atoms with Crippen LogP contribution in [0.1, 0.15) is 21.5 Å². The molecule has 2 aromatic carbocycles. The predicted octanol–water partition coefficient (Wildman–Crippen LogP) is 3.60. The molecule has 2 amide bonds. The average molecular weight is 526 g/mol. The van der Waals surface area contributed by atoms with Crippen molar-refractivity contribution in [3.8, 4) is 0 Å². The molecule has 0 spiro atoms. The van der Waals surface area contributed by atoms with Crippen LogP contribution in [0.25, 0.3) is 0 Å². The highest BCUT2D eigenvalue weighted by molar-refractivity contribution is 6.33. The first-order valence-corrected chi connectivity index (χ1v) is 12.2. The fraction of sp³-hybridized carbons (Fsp3) is 0.308. The van der Waals surface area contributed by atoms with Gasteiger partial charge in [0, 0.05) is 39.9 Å². The molecule has 2 heterocycles. The first-order chi connectivity index (χ1) is 17.7. The number of hydrogen-bond donors (Lipinski definition) is 3. The Morgan fingerprint density at radius 1 is 1.11 bits per heavy atom. The Hall–Kier alpha value is -3.76. The molecule has 1 aliphatic heterocycles. The number of carbonyl (C=O) groups is 2. The van der Waals surface area contributed by atoms with E-state index in [1.165, 1.54) is 42.6 Å². The van der Waals surface area contributed by atoms with Crippen molar-refractivity contribution in [3.63, 3.8) is 0 Å². The van der Waals surface area contributed by atoms with Crippen molar-refractivity contribution in [2.75, 3.05) is 51.4 Å². The number of likely N-dealkylation sites (N-methyl/N-ethyl adjacent to an activating group) is 1. The number of carbonyl (C=O) groups excluding carboxylic acids is 2. The Morgan fingerprint density at radius 2 is 1.86 bits per heavy atom. The second-order valence-electron chi connectivity index (χ2n) is 8.93. The predicted molar refractivity (Wildman–Crippen MR) is 142 cm³/mol. The lowest BCUT2D eigenvalue weighted by molar-refractivity contribution is -0.129. The van der Waals surface area contributed by atoms with E-state index in [0.717, 1.165) is 31.6 Å². The van der Waals surface area contributed by atoms with Gasteiger partial charge in [0.25, 0.3) is 5.91 Å². The Bertz CT molecular complexity index is 1320. The van der Waals surface area contributed by atoms with E-state index in [4.69, 9.17) is 11.6 Å². The van der Waals surface area contributed by atoms with E-state index in [0.29, 0.717) is 6.54 Å². The first kappa shape index (κ1) is 26.3. The van der Waals surface area contributed by atoms with Crippen molar-refractivity contribution in [1.29, 1.82) is 0 Å². The molecule has 1 aliphatic rings. The lowest BCUT2D eigenvalue weighted by Gasteiger charge is -2.21. The molecular formula is C26H29ClFN7O2. The summed E-state index contributed by atoms with van der Waals surface area (Å²) >= 11 is 6.28. The number of hydrogen-bond acceptors (Lipinski definition) is 7. The molecule has 9 nitrogen and oxygen atoms in total. The van der Waals surface area contributed by atoms with Crippen molar-refractivity contribution in [1.82, 2.24) is 25.1 Å². The molecule has 4 rings (SSSR count). The first-order valence-electron chi connectivity index (χ1n) is 11.9. The number of fused-ring (bicyclic) bond motifs is 1. The lowest BCUT2D eigenvalue weighted by Crippen LogP contribution is -2.37. The maximum Gasteiger partial charge on any atom is 0.253 e. The van der Waals surface area contributed by atoms with Crippen LogP contribution in [0.3, 0.4) is 0 Å². The van der Waals surface area contributed by atoms with Gasteiger partial charge in [0.15, 0.2) is 5.82 Å². The van der Waals surface area contributed by atoms with Crippen LogP contribution >= 0.6 is 11.6 Å². The van der Waals surface area contributed by atoms with Gasteiger partial charge < -0.3 is 20.9 Å². The van der Waals surface area contributed by atoms with E-state index < -0.39 is 11.7 Å². The molecule has 0 aliphatic carbocycles. The van der Waals surface area contributed by atoms with E-state index in [-0.39, 0.29) is 33.9 Å². The second kappa shape index (κ2) is 11.5. The maximum absolute atomic E-state index is 14.6. The monoisotopic (exact) mass is 525 g/mol. The quantitative estimate of drug-likeness (QED) is 0.433. The van der Waals surface area contributed by atoms with Crippen molar-refractivity contribution in [3.05, 3.63) is 70.1 Å². The van der Waals surface area contributed by atoms with Gasteiger partial charge in [0.1, 0.15) is 10.8 Å². The highest BCUT2D eigenvalue weighted by atomic mass is 35.5. The van der Waals surface area contributed by atoms with Crippen molar-refractivity contribution in [2.45, 2.75) is 12.8 Å². The van der Waals surface area contributed by atoms with Crippen LogP contribution < -0.4 is 16.0 Å². The number of nitrogens with zero attached hydrogens (tertiary/aromatic N) is 4. The standard InChI is InChI=1S/C26H29ClFN7O2/c1-29-25(37)19-5-4-6-21(28)23(19)32-24-20(27)14-30-26(33-24)31-18-8-7-16-9-11-35(12-10-17(16)13-18)15-22(36)34(2)3/h4-8,13-14H,9-12,15H2,1-3H3,(H,29,37)(H2,30,31,32,33). The zero-order valence-corrected chi connectivity index (χ0v) is 21.7. The van der Waals surface area contributed by atoms with Crippen LogP contribution in [0.4, 0.5) is 27.5 Å². The normalized spacial score (nSPS) is 13.3. The molecule has 0 saturated heterocycles. The summed E-state index contributed by atoms with van der Waals surface area (Å²) in [6.45, 7) is 2.02. The van der Waals surface area contributed by atoms with Crippen molar-refractivity contribution in [2.24, 2.45) is 0 Å². The zero-order valence-electron chi connectivity index (χ0n) is 20.9. The Labute approximate surface area is 220 Å². The Balaban J connectivity index is 1.51. The number of benzene rings is 2. The van der Waals surface area contributed by atoms with Gasteiger partial charge in [-0.3, -0.25) is 14.5 Å². The maximum atomic E-state index is 14.6. The molecule has 37 heavy (non-hydrogen) atoms. The summed E-state index contributed by atoms with van der Waals surface area (Å²) < 4.78 is 14.6. The lowest BCUT2D eigenvalue weighted by atomic mass is 10.0. The summed E-state index contributed by atoms with van der Waals surface area (Å²) in [7, 11) is 5.01. The van der Waals surface area contributed by atoms with E-state index in [1.807, 2.05) is 6.07 Å². The van der Waals surface area contributed by atoms with Crippen molar-refractivity contribution >= 4 is 46.6 Å². The Morgan fingerprint density at radius 3 is 2.59 bits per heavy atom. The van der Waals surface area contributed by atoms with Gasteiger partial charge in [-0.25, -0.2) is 9.37 Å². The summed E-state index contributed by atoms with van der Waals surface area (Å²) in [6, 6.07) is 10.3. The number of para-hydroxylation sites is 1. The van der Waals surface area contributed by atoms with E-state index >= 15 is 0 Å². The molecule has 0 saturated carbocycles. The van der Waals surface area contributed by atoms with Crippen LogP contribution in [0.15, 0.2) is 42.6 Å². The number of rotatable bonds is 7. The number of halogens is 2. The number of anilines is 4. The molecule has 0 atom stereocenters. The number of nitrogens with one attached hydrogen (secondary N) is 3. The second-order valence-corrected chi connectivity index (χ2v) is 9.34. The molecule has 1 aromatic heterocycles. The zero-order chi connectivity index (χ0) is 26.5. The van der Waals surface area contributed by atoms with Gasteiger partial charge in [-0.15, -0.1) is 0 Å². The summed E-state index contributed by atoms with van der Waals surface area (Å²) in [5, 5.41) is 8.69.